The van der Waals surface area contributed by atoms with Crippen LogP contribution in [-0.4, -0.2) is 78.1 Å². The Morgan fingerprint density at radius 3 is 2.37 bits per heavy atom. The third-order valence-electron chi connectivity index (χ3n) is 5.88. The number of ether oxygens (including phenoxy) is 3. The highest BCUT2D eigenvalue weighted by Gasteiger charge is 2.40. The number of pyridine rings is 2. The number of hydrogen-bond donors (Lipinski definition) is 0. The number of amides is 1. The van der Waals surface area contributed by atoms with E-state index in [1.165, 1.54) is 18.1 Å². The first-order valence-corrected chi connectivity index (χ1v) is 15.4. The van der Waals surface area contributed by atoms with Crippen LogP contribution in [-0.2, 0) is 24.1 Å². The molecular formula is C27H32ClFN6O7S. The minimum Gasteiger partial charge on any atom is -0.475 e. The Balaban J connectivity index is 2.03. The maximum Gasteiger partial charge on any atom is 0.415 e. The van der Waals surface area contributed by atoms with Gasteiger partial charge >= 0.3 is 12.1 Å². The molecule has 4 rings (SSSR count). The third-order valence-corrected chi connectivity index (χ3v) is 6.98. The lowest BCUT2D eigenvalue weighted by atomic mass is 10.0. The van der Waals surface area contributed by atoms with Gasteiger partial charge in [-0.3, -0.25) is 4.90 Å². The molecule has 0 fully saturated rings. The van der Waals surface area contributed by atoms with Crippen molar-refractivity contribution >= 4 is 56.0 Å². The van der Waals surface area contributed by atoms with Gasteiger partial charge in [-0.2, -0.15) is 4.98 Å². The highest BCUT2D eigenvalue weighted by molar-refractivity contribution is 7.90. The average Bonchev–Trinajstić information content (AvgIpc) is 3.04. The highest BCUT2D eigenvalue weighted by Crippen LogP contribution is 2.42. The van der Waals surface area contributed by atoms with E-state index in [0.29, 0.717) is 0 Å². The molecule has 13 nitrogen and oxygen atoms in total. The molecule has 4 heterocycles. The lowest BCUT2D eigenvalue weighted by Gasteiger charge is -2.34. The van der Waals surface area contributed by atoms with Crippen LogP contribution in [0.15, 0.2) is 23.5 Å². The molecule has 0 aromatic carbocycles. The summed E-state index contributed by atoms with van der Waals surface area (Å²) >= 11 is 6.00. The summed E-state index contributed by atoms with van der Waals surface area (Å²) < 4.78 is 57.7. The van der Waals surface area contributed by atoms with Crippen molar-refractivity contribution in [3.8, 4) is 5.88 Å². The fraction of sp³-hybridized carbons (Fsp3) is 0.481. The Morgan fingerprint density at radius 1 is 1.12 bits per heavy atom. The summed E-state index contributed by atoms with van der Waals surface area (Å²) in [6, 6.07) is 1.72. The van der Waals surface area contributed by atoms with E-state index >= 15 is 4.39 Å². The summed E-state index contributed by atoms with van der Waals surface area (Å²) in [6.45, 7) is 9.94. The first-order chi connectivity index (χ1) is 19.8. The molecule has 232 valence electrons. The molecule has 1 atom stereocenters. The van der Waals surface area contributed by atoms with Gasteiger partial charge in [-0.15, -0.1) is 0 Å². The van der Waals surface area contributed by atoms with Crippen molar-refractivity contribution in [1.29, 1.82) is 0 Å². The van der Waals surface area contributed by atoms with Crippen LogP contribution in [0, 0.1) is 5.82 Å². The minimum atomic E-state index is -4.09. The van der Waals surface area contributed by atoms with Gasteiger partial charge in [0.25, 0.3) is 0 Å². The van der Waals surface area contributed by atoms with Crippen molar-refractivity contribution in [2.24, 2.45) is 0 Å². The molecule has 1 amide bonds. The number of esters is 1. The van der Waals surface area contributed by atoms with Crippen LogP contribution in [0.1, 0.15) is 53.1 Å². The smallest absolute Gasteiger partial charge is 0.415 e. The van der Waals surface area contributed by atoms with Gasteiger partial charge in [0.2, 0.25) is 20.9 Å². The molecule has 0 spiro atoms. The molecular weight excluding hydrogens is 607 g/mol. The monoisotopic (exact) mass is 638 g/mol. The standard InChI is InChI=1S/C27H32ClFN6O7S/c1-26(2,3)41-23(36)18(14-10-9-11-30-20(14)34(7)25(37)42-27(4,5)6)35-12-13-40-22-15-17(16(29)19(28)32-22)31-24(33-21(15)35)43(8,38)39/h9-11,18H,12-13H2,1-8H3/t18-/m0/s1. The molecule has 0 bridgehead atoms. The molecule has 3 aromatic heterocycles. The van der Waals surface area contributed by atoms with Crippen LogP contribution in [0.3, 0.4) is 0 Å². The molecule has 0 aliphatic carbocycles. The molecule has 0 unspecified atom stereocenters. The Morgan fingerprint density at radius 2 is 1.77 bits per heavy atom. The second kappa shape index (κ2) is 11.3. The molecule has 0 saturated carbocycles. The predicted molar refractivity (Wildman–Crippen MR) is 156 cm³/mol. The van der Waals surface area contributed by atoms with E-state index in [1.807, 2.05) is 0 Å². The van der Waals surface area contributed by atoms with Crippen LogP contribution < -0.4 is 14.5 Å². The summed E-state index contributed by atoms with van der Waals surface area (Å²) in [5, 5.41) is -1.40. The fourth-order valence-electron chi connectivity index (χ4n) is 4.25. The van der Waals surface area contributed by atoms with Gasteiger partial charge in [-0.05, 0) is 47.6 Å². The molecule has 1 aliphatic heterocycles. The van der Waals surface area contributed by atoms with E-state index in [2.05, 4.69) is 19.9 Å². The summed E-state index contributed by atoms with van der Waals surface area (Å²) in [6.07, 6.45) is 1.55. The maximum absolute atomic E-state index is 15.3. The van der Waals surface area contributed by atoms with E-state index < -0.39 is 60.8 Å². The van der Waals surface area contributed by atoms with E-state index in [9.17, 15) is 18.0 Å². The largest absolute Gasteiger partial charge is 0.475 e. The number of hydrogen-bond acceptors (Lipinski definition) is 12. The zero-order valence-corrected chi connectivity index (χ0v) is 26.5. The van der Waals surface area contributed by atoms with E-state index in [0.717, 1.165) is 11.2 Å². The summed E-state index contributed by atoms with van der Waals surface area (Å²) in [5.74, 6) is -2.17. The number of aromatic nitrogens is 4. The molecule has 16 heteroatoms. The van der Waals surface area contributed by atoms with Crippen molar-refractivity contribution in [1.82, 2.24) is 19.9 Å². The number of carbonyl (C=O) groups is 2. The van der Waals surface area contributed by atoms with Gasteiger partial charge < -0.3 is 19.1 Å². The van der Waals surface area contributed by atoms with E-state index in [4.69, 9.17) is 25.8 Å². The summed E-state index contributed by atoms with van der Waals surface area (Å²) in [4.78, 5) is 46.2. The van der Waals surface area contributed by atoms with Crippen molar-refractivity contribution in [2.75, 3.05) is 36.3 Å². The highest BCUT2D eigenvalue weighted by atomic mass is 35.5. The molecule has 0 N–H and O–H groups in total. The Bertz CT molecular complexity index is 1710. The van der Waals surface area contributed by atoms with Gasteiger partial charge in [0, 0.05) is 25.1 Å². The molecule has 1 aliphatic rings. The van der Waals surface area contributed by atoms with Crippen molar-refractivity contribution in [3.05, 3.63) is 34.9 Å². The zero-order valence-electron chi connectivity index (χ0n) is 24.9. The van der Waals surface area contributed by atoms with Gasteiger partial charge in [0.1, 0.15) is 40.3 Å². The lowest BCUT2D eigenvalue weighted by Crippen LogP contribution is -2.42. The van der Waals surface area contributed by atoms with Crippen LogP contribution in [0.25, 0.3) is 10.9 Å². The molecule has 3 aromatic rings. The number of sulfone groups is 1. The van der Waals surface area contributed by atoms with E-state index in [1.54, 1.807) is 53.7 Å². The van der Waals surface area contributed by atoms with Crippen molar-refractivity contribution in [3.63, 3.8) is 0 Å². The topological polar surface area (TPSA) is 154 Å². The summed E-state index contributed by atoms with van der Waals surface area (Å²) in [7, 11) is -2.66. The number of nitrogens with zero attached hydrogens (tertiary/aromatic N) is 6. The van der Waals surface area contributed by atoms with Crippen molar-refractivity contribution in [2.45, 2.75) is 63.9 Å². The van der Waals surface area contributed by atoms with Crippen LogP contribution >= 0.6 is 11.6 Å². The summed E-state index contributed by atoms with van der Waals surface area (Å²) in [5.41, 5.74) is -2.07. The van der Waals surface area contributed by atoms with Crippen LogP contribution in [0.4, 0.5) is 20.8 Å². The number of anilines is 2. The second-order valence-corrected chi connectivity index (χ2v) is 14.0. The fourth-order valence-corrected chi connectivity index (χ4v) is 4.93. The maximum atomic E-state index is 15.3. The van der Waals surface area contributed by atoms with E-state index in [-0.39, 0.29) is 41.6 Å². The average molecular weight is 639 g/mol. The number of halogens is 2. The minimum absolute atomic E-state index is 0.0482. The Labute approximate surface area is 253 Å². The first kappa shape index (κ1) is 32.1. The van der Waals surface area contributed by atoms with Crippen molar-refractivity contribution < 1.29 is 36.6 Å². The Kier molecular flexibility index (Phi) is 8.46. The van der Waals surface area contributed by atoms with Gasteiger partial charge in [-0.1, -0.05) is 17.7 Å². The normalized spacial score (nSPS) is 14.5. The second-order valence-electron chi connectivity index (χ2n) is 11.8. The van der Waals surface area contributed by atoms with Crippen LogP contribution in [0.2, 0.25) is 5.15 Å². The van der Waals surface area contributed by atoms with Gasteiger partial charge in [0.05, 0.1) is 6.54 Å². The van der Waals surface area contributed by atoms with Gasteiger partial charge in [-0.25, -0.2) is 37.3 Å². The Hall–Kier alpha value is -3.85. The predicted octanol–water partition coefficient (Wildman–Crippen LogP) is 4.27. The molecule has 0 radical (unpaired) electrons. The van der Waals surface area contributed by atoms with Crippen LogP contribution in [0.5, 0.6) is 5.88 Å². The molecule has 0 saturated heterocycles. The number of carbonyl (C=O) groups excluding carboxylic acids is 2. The SMILES string of the molecule is CN(C(=O)OC(C)(C)C)c1ncccc1[C@@H](C(=O)OC(C)(C)C)N1CCOc2nc(Cl)c(F)c3nc(S(C)(=O)=O)nc1c23. The molecule has 43 heavy (non-hydrogen) atoms. The first-order valence-electron chi connectivity index (χ1n) is 13.1. The quantitative estimate of drug-likeness (QED) is 0.223. The number of rotatable bonds is 5. The lowest BCUT2D eigenvalue weighted by molar-refractivity contribution is -0.156. The zero-order chi connectivity index (χ0) is 32.1. The third kappa shape index (κ3) is 6.88. The van der Waals surface area contributed by atoms with Gasteiger partial charge in [0.15, 0.2) is 17.0 Å².